The first kappa shape index (κ1) is 21.9. The van der Waals surface area contributed by atoms with Crippen LogP contribution in [0.2, 0.25) is 0 Å². The number of carbonyl (C=O) groups excluding carboxylic acids is 3. The molecule has 138 valence electrons. The van der Waals surface area contributed by atoms with Gasteiger partial charge in [0.05, 0.1) is 13.7 Å². The SMILES string of the molecule is CC/C=C/CCC(C)CCOC(=O)OCC(NC(C)=O)C(=O)OC. The summed E-state index contributed by atoms with van der Waals surface area (Å²) in [7, 11) is 1.19. The van der Waals surface area contributed by atoms with Crippen LogP contribution in [0.15, 0.2) is 12.2 Å². The summed E-state index contributed by atoms with van der Waals surface area (Å²) in [6.45, 7) is 5.36. The highest BCUT2D eigenvalue weighted by molar-refractivity contribution is 5.83. The van der Waals surface area contributed by atoms with Crippen molar-refractivity contribution in [1.82, 2.24) is 5.32 Å². The summed E-state index contributed by atoms with van der Waals surface area (Å²) in [4.78, 5) is 33.9. The van der Waals surface area contributed by atoms with Crippen LogP contribution in [0.1, 0.15) is 46.5 Å². The Morgan fingerprint density at radius 2 is 1.83 bits per heavy atom. The number of rotatable bonds is 11. The van der Waals surface area contributed by atoms with E-state index in [1.54, 1.807) is 0 Å². The molecule has 0 aliphatic rings. The van der Waals surface area contributed by atoms with Crippen molar-refractivity contribution in [2.75, 3.05) is 20.3 Å². The van der Waals surface area contributed by atoms with E-state index in [0.29, 0.717) is 5.92 Å². The second-order valence-corrected chi connectivity index (χ2v) is 5.54. The Morgan fingerprint density at radius 1 is 1.12 bits per heavy atom. The summed E-state index contributed by atoms with van der Waals surface area (Å²) in [5.74, 6) is -0.679. The Morgan fingerprint density at radius 3 is 2.42 bits per heavy atom. The largest absolute Gasteiger partial charge is 0.508 e. The molecule has 0 aromatic heterocycles. The quantitative estimate of drug-likeness (QED) is 0.458. The van der Waals surface area contributed by atoms with Gasteiger partial charge in [0, 0.05) is 6.92 Å². The van der Waals surface area contributed by atoms with E-state index >= 15 is 0 Å². The van der Waals surface area contributed by atoms with Crippen molar-refractivity contribution in [3.8, 4) is 0 Å². The number of nitrogens with one attached hydrogen (secondary N) is 1. The predicted molar refractivity (Wildman–Crippen MR) is 89.4 cm³/mol. The molecule has 7 heteroatoms. The monoisotopic (exact) mass is 343 g/mol. The highest BCUT2D eigenvalue weighted by Crippen LogP contribution is 2.11. The molecule has 0 saturated carbocycles. The number of ether oxygens (including phenoxy) is 3. The lowest BCUT2D eigenvalue weighted by Gasteiger charge is -2.15. The fourth-order valence-electron chi connectivity index (χ4n) is 1.90. The number of esters is 1. The third-order valence-electron chi connectivity index (χ3n) is 3.29. The van der Waals surface area contributed by atoms with Gasteiger partial charge in [0.25, 0.3) is 0 Å². The van der Waals surface area contributed by atoms with Crippen LogP contribution in [0.25, 0.3) is 0 Å². The number of methoxy groups -OCH3 is 1. The molecule has 0 spiro atoms. The van der Waals surface area contributed by atoms with E-state index in [4.69, 9.17) is 9.47 Å². The Kier molecular flexibility index (Phi) is 12.3. The first-order chi connectivity index (χ1) is 11.4. The summed E-state index contributed by atoms with van der Waals surface area (Å²) < 4.78 is 14.3. The molecule has 0 saturated heterocycles. The van der Waals surface area contributed by atoms with E-state index in [2.05, 4.69) is 36.1 Å². The molecule has 0 aliphatic heterocycles. The number of hydrogen-bond acceptors (Lipinski definition) is 6. The van der Waals surface area contributed by atoms with Crippen LogP contribution in [-0.4, -0.2) is 44.4 Å². The zero-order valence-corrected chi connectivity index (χ0v) is 15.0. The van der Waals surface area contributed by atoms with Gasteiger partial charge in [-0.25, -0.2) is 9.59 Å². The van der Waals surface area contributed by atoms with E-state index in [1.165, 1.54) is 14.0 Å². The van der Waals surface area contributed by atoms with Crippen molar-refractivity contribution in [2.24, 2.45) is 5.92 Å². The Balaban J connectivity index is 3.97. The van der Waals surface area contributed by atoms with Gasteiger partial charge >= 0.3 is 12.1 Å². The molecule has 0 fully saturated rings. The van der Waals surface area contributed by atoms with E-state index in [1.807, 2.05) is 0 Å². The fraction of sp³-hybridized carbons (Fsp3) is 0.706. The minimum absolute atomic E-state index is 0.251. The Bertz CT molecular complexity index is 421. The van der Waals surface area contributed by atoms with Crippen molar-refractivity contribution < 1.29 is 28.6 Å². The molecule has 0 heterocycles. The van der Waals surface area contributed by atoms with Gasteiger partial charge in [-0.05, 0) is 31.6 Å². The van der Waals surface area contributed by atoms with Crippen LogP contribution in [0, 0.1) is 5.92 Å². The number of allylic oxidation sites excluding steroid dienone is 2. The van der Waals surface area contributed by atoms with Gasteiger partial charge in [-0.1, -0.05) is 26.0 Å². The Hall–Kier alpha value is -2.05. The normalized spacial score (nSPS) is 13.2. The molecule has 1 amide bonds. The van der Waals surface area contributed by atoms with Gasteiger partial charge in [0.2, 0.25) is 5.91 Å². The van der Waals surface area contributed by atoms with Crippen molar-refractivity contribution in [1.29, 1.82) is 0 Å². The van der Waals surface area contributed by atoms with Crippen LogP contribution in [-0.2, 0) is 23.8 Å². The molecule has 0 aromatic carbocycles. The second kappa shape index (κ2) is 13.4. The second-order valence-electron chi connectivity index (χ2n) is 5.54. The third kappa shape index (κ3) is 11.5. The smallest absolute Gasteiger partial charge is 0.467 e. The molecule has 0 rings (SSSR count). The molecule has 24 heavy (non-hydrogen) atoms. The lowest BCUT2D eigenvalue weighted by molar-refractivity contribution is -0.146. The van der Waals surface area contributed by atoms with Gasteiger partial charge in [-0.2, -0.15) is 0 Å². The summed E-state index contributed by atoms with van der Waals surface area (Å²) >= 11 is 0. The van der Waals surface area contributed by atoms with E-state index in [0.717, 1.165) is 25.7 Å². The predicted octanol–water partition coefficient (Wildman–Crippen LogP) is 2.59. The van der Waals surface area contributed by atoms with Crippen LogP contribution >= 0.6 is 0 Å². The lowest BCUT2D eigenvalue weighted by atomic mass is 10.0. The molecular weight excluding hydrogens is 314 g/mol. The van der Waals surface area contributed by atoms with Gasteiger partial charge in [-0.15, -0.1) is 0 Å². The van der Waals surface area contributed by atoms with Crippen LogP contribution in [0.4, 0.5) is 4.79 Å². The van der Waals surface area contributed by atoms with Crippen molar-refractivity contribution >= 4 is 18.0 Å². The van der Waals surface area contributed by atoms with Gasteiger partial charge in [0.1, 0.15) is 6.61 Å². The van der Waals surface area contributed by atoms with Gasteiger partial charge in [-0.3, -0.25) is 4.79 Å². The topological polar surface area (TPSA) is 90.9 Å². The maximum absolute atomic E-state index is 11.5. The maximum Gasteiger partial charge on any atom is 0.508 e. The minimum atomic E-state index is -1.04. The Labute approximate surface area is 143 Å². The van der Waals surface area contributed by atoms with Gasteiger partial charge < -0.3 is 19.5 Å². The van der Waals surface area contributed by atoms with Crippen molar-refractivity contribution in [3.05, 3.63) is 12.2 Å². The number of hydrogen-bond donors (Lipinski definition) is 1. The first-order valence-corrected chi connectivity index (χ1v) is 8.20. The zero-order chi connectivity index (χ0) is 18.4. The molecule has 0 radical (unpaired) electrons. The standard InChI is InChI=1S/C17H29NO6/c1-5-6-7-8-9-13(2)10-11-23-17(21)24-12-15(16(20)22-4)18-14(3)19/h6-7,13,15H,5,8-12H2,1-4H3,(H,18,19)/b7-6+. The molecule has 2 unspecified atom stereocenters. The first-order valence-electron chi connectivity index (χ1n) is 8.20. The highest BCUT2D eigenvalue weighted by Gasteiger charge is 2.22. The zero-order valence-electron chi connectivity index (χ0n) is 15.0. The average Bonchev–Trinajstić information content (AvgIpc) is 2.54. The fourth-order valence-corrected chi connectivity index (χ4v) is 1.90. The lowest BCUT2D eigenvalue weighted by Crippen LogP contribution is -2.44. The molecule has 0 aliphatic carbocycles. The number of carbonyl (C=O) groups is 3. The van der Waals surface area contributed by atoms with E-state index in [9.17, 15) is 14.4 Å². The third-order valence-corrected chi connectivity index (χ3v) is 3.29. The highest BCUT2D eigenvalue weighted by atomic mass is 16.7. The van der Waals surface area contributed by atoms with Crippen molar-refractivity contribution in [2.45, 2.75) is 52.5 Å². The van der Waals surface area contributed by atoms with Crippen molar-refractivity contribution in [3.63, 3.8) is 0 Å². The molecule has 2 atom stereocenters. The summed E-state index contributed by atoms with van der Waals surface area (Å²) in [6.07, 6.45) is 7.23. The minimum Gasteiger partial charge on any atom is -0.467 e. The molecule has 0 aromatic rings. The molecular formula is C17H29NO6. The van der Waals surface area contributed by atoms with Crippen LogP contribution < -0.4 is 5.32 Å². The van der Waals surface area contributed by atoms with Crippen LogP contribution in [0.5, 0.6) is 0 Å². The summed E-state index contributed by atoms with van der Waals surface area (Å²) in [5.41, 5.74) is 0. The molecule has 7 nitrogen and oxygen atoms in total. The van der Waals surface area contributed by atoms with Crippen LogP contribution in [0.3, 0.4) is 0 Å². The van der Waals surface area contributed by atoms with E-state index in [-0.39, 0.29) is 13.2 Å². The summed E-state index contributed by atoms with van der Waals surface area (Å²) in [6, 6.07) is -1.04. The van der Waals surface area contributed by atoms with Gasteiger partial charge in [0.15, 0.2) is 6.04 Å². The van der Waals surface area contributed by atoms with E-state index < -0.39 is 24.1 Å². The molecule has 0 bridgehead atoms. The number of amides is 1. The maximum atomic E-state index is 11.5. The molecule has 1 N–H and O–H groups in total. The average molecular weight is 343 g/mol. The summed E-state index contributed by atoms with van der Waals surface area (Å²) in [5, 5.41) is 2.34.